The zero-order valence-corrected chi connectivity index (χ0v) is 14.5. The molecule has 3 N–H and O–H groups in total. The Morgan fingerprint density at radius 1 is 1.26 bits per heavy atom. The monoisotopic (exact) mass is 351 g/mol. The third-order valence-corrected chi connectivity index (χ3v) is 6.19. The third kappa shape index (κ3) is 3.23. The first-order valence-electron chi connectivity index (χ1n) is 8.10. The number of nitrogens with two attached hydrogens (primary N) is 1. The molecule has 2 unspecified atom stereocenters. The number of nitrogens with zero attached hydrogens (tertiary/aromatic N) is 1. The molecule has 124 valence electrons. The number of hydrogen-bond acceptors (Lipinski definition) is 4. The number of anilines is 1. The van der Waals surface area contributed by atoms with Crippen molar-refractivity contribution in [2.24, 2.45) is 23.5 Å². The highest BCUT2D eigenvalue weighted by atomic mass is 35.5. The second-order valence-corrected chi connectivity index (χ2v) is 7.61. The summed E-state index contributed by atoms with van der Waals surface area (Å²) in [4.78, 5) is 16.9. The molecule has 0 aliphatic heterocycles. The molecule has 0 saturated heterocycles. The number of hydrogen-bond donors (Lipinski definition) is 2. The lowest BCUT2D eigenvalue weighted by molar-refractivity contribution is -0.122. The van der Waals surface area contributed by atoms with Crippen molar-refractivity contribution >= 4 is 45.6 Å². The number of halogens is 1. The summed E-state index contributed by atoms with van der Waals surface area (Å²) in [5.41, 5.74) is 9.94. The normalized spacial score (nSPS) is 29.8. The van der Waals surface area contributed by atoms with E-state index in [1.165, 1.54) is 19.3 Å². The summed E-state index contributed by atoms with van der Waals surface area (Å²) < 4.78 is 1.15. The SMILES string of the molecule is Cl.NC1C2CCCC1CC(C(=O)Nc1ccc3scnc3c1)C2. The van der Waals surface area contributed by atoms with Crippen LogP contribution in [0.2, 0.25) is 0 Å². The average molecular weight is 352 g/mol. The number of nitrogens with one attached hydrogen (secondary N) is 1. The first kappa shape index (κ1) is 16.7. The number of benzene rings is 1. The van der Waals surface area contributed by atoms with E-state index in [2.05, 4.69) is 10.3 Å². The Hall–Kier alpha value is -1.17. The molecule has 4 rings (SSSR count). The van der Waals surface area contributed by atoms with Crippen LogP contribution in [-0.2, 0) is 4.79 Å². The number of aromatic nitrogens is 1. The van der Waals surface area contributed by atoms with Gasteiger partial charge in [-0.3, -0.25) is 4.79 Å². The van der Waals surface area contributed by atoms with Crippen LogP contribution in [0.1, 0.15) is 32.1 Å². The maximum absolute atomic E-state index is 12.6. The minimum atomic E-state index is 0. The van der Waals surface area contributed by atoms with Crippen LogP contribution in [0.5, 0.6) is 0 Å². The molecule has 1 aromatic carbocycles. The van der Waals surface area contributed by atoms with Crippen molar-refractivity contribution in [1.82, 2.24) is 4.98 Å². The fourth-order valence-corrected chi connectivity index (χ4v) is 4.84. The van der Waals surface area contributed by atoms with Gasteiger partial charge in [0.05, 0.1) is 15.7 Å². The molecule has 2 bridgehead atoms. The lowest BCUT2D eigenvalue weighted by Crippen LogP contribution is -2.48. The van der Waals surface area contributed by atoms with Gasteiger partial charge in [0.15, 0.2) is 0 Å². The van der Waals surface area contributed by atoms with Gasteiger partial charge >= 0.3 is 0 Å². The predicted molar refractivity (Wildman–Crippen MR) is 97.0 cm³/mol. The zero-order valence-electron chi connectivity index (χ0n) is 12.9. The second kappa shape index (κ2) is 6.75. The molecule has 2 saturated carbocycles. The van der Waals surface area contributed by atoms with Crippen molar-refractivity contribution in [3.05, 3.63) is 23.7 Å². The van der Waals surface area contributed by atoms with E-state index < -0.39 is 0 Å². The molecule has 2 atom stereocenters. The van der Waals surface area contributed by atoms with E-state index in [4.69, 9.17) is 5.73 Å². The molecule has 1 heterocycles. The molecule has 2 aromatic rings. The fraction of sp³-hybridized carbons (Fsp3) is 0.529. The van der Waals surface area contributed by atoms with Crippen LogP contribution in [0.15, 0.2) is 23.7 Å². The zero-order chi connectivity index (χ0) is 15.1. The van der Waals surface area contributed by atoms with Crippen molar-refractivity contribution < 1.29 is 4.79 Å². The van der Waals surface area contributed by atoms with Crippen molar-refractivity contribution in [3.63, 3.8) is 0 Å². The van der Waals surface area contributed by atoms with E-state index in [9.17, 15) is 4.79 Å². The molecule has 2 aliphatic rings. The number of thiazole rings is 1. The molecule has 2 aliphatic carbocycles. The Balaban J connectivity index is 0.00000156. The van der Waals surface area contributed by atoms with Gasteiger partial charge in [0.1, 0.15) is 0 Å². The Morgan fingerprint density at radius 2 is 2.00 bits per heavy atom. The van der Waals surface area contributed by atoms with Crippen LogP contribution in [0, 0.1) is 17.8 Å². The summed E-state index contributed by atoms with van der Waals surface area (Å²) in [6.45, 7) is 0. The van der Waals surface area contributed by atoms with Gasteiger partial charge in [-0.2, -0.15) is 0 Å². The van der Waals surface area contributed by atoms with Gasteiger partial charge in [-0.05, 0) is 55.7 Å². The summed E-state index contributed by atoms with van der Waals surface area (Å²) in [5, 5.41) is 3.08. The predicted octanol–water partition coefficient (Wildman–Crippen LogP) is 3.81. The van der Waals surface area contributed by atoms with Gasteiger partial charge in [0.25, 0.3) is 0 Å². The third-order valence-electron chi connectivity index (χ3n) is 5.38. The minimum Gasteiger partial charge on any atom is -0.327 e. The van der Waals surface area contributed by atoms with Gasteiger partial charge in [-0.25, -0.2) is 4.98 Å². The number of amides is 1. The highest BCUT2D eigenvalue weighted by molar-refractivity contribution is 7.16. The molecular weight excluding hydrogens is 330 g/mol. The standard InChI is InChI=1S/C17H21N3OS.ClH/c18-16-10-2-1-3-11(16)7-12(6-10)17(21)20-13-4-5-15-14(8-13)19-9-22-15;/h4-5,8-12,16H,1-3,6-7,18H2,(H,20,21);1H. The van der Waals surface area contributed by atoms with Crippen LogP contribution in [-0.4, -0.2) is 16.9 Å². The van der Waals surface area contributed by atoms with Crippen molar-refractivity contribution in [2.45, 2.75) is 38.1 Å². The van der Waals surface area contributed by atoms with Crippen LogP contribution >= 0.6 is 23.7 Å². The highest BCUT2D eigenvalue weighted by Gasteiger charge is 2.40. The molecule has 0 radical (unpaired) electrons. The second-order valence-electron chi connectivity index (χ2n) is 6.72. The Morgan fingerprint density at radius 3 is 2.74 bits per heavy atom. The Bertz CT molecular complexity index is 690. The summed E-state index contributed by atoms with van der Waals surface area (Å²) in [6, 6.07) is 6.25. The molecule has 6 heteroatoms. The van der Waals surface area contributed by atoms with Gasteiger partial charge in [-0.1, -0.05) is 6.42 Å². The number of rotatable bonds is 2. The van der Waals surface area contributed by atoms with Crippen LogP contribution < -0.4 is 11.1 Å². The Kier molecular flexibility index (Phi) is 4.90. The number of fused-ring (bicyclic) bond motifs is 3. The summed E-state index contributed by atoms with van der Waals surface area (Å²) >= 11 is 1.62. The van der Waals surface area contributed by atoms with Crippen LogP contribution in [0.3, 0.4) is 0 Å². The molecule has 1 aromatic heterocycles. The van der Waals surface area contributed by atoms with Crippen molar-refractivity contribution in [1.29, 1.82) is 0 Å². The smallest absolute Gasteiger partial charge is 0.227 e. The summed E-state index contributed by atoms with van der Waals surface area (Å²) in [6.07, 6.45) is 5.54. The molecule has 0 spiro atoms. The van der Waals surface area contributed by atoms with Crippen molar-refractivity contribution in [2.75, 3.05) is 5.32 Å². The van der Waals surface area contributed by atoms with E-state index in [-0.39, 0.29) is 24.2 Å². The van der Waals surface area contributed by atoms with Crippen LogP contribution in [0.25, 0.3) is 10.2 Å². The van der Waals surface area contributed by atoms with Crippen molar-refractivity contribution in [3.8, 4) is 0 Å². The van der Waals surface area contributed by atoms with E-state index in [0.717, 1.165) is 28.7 Å². The van der Waals surface area contributed by atoms with Gasteiger partial charge < -0.3 is 11.1 Å². The lowest BCUT2D eigenvalue weighted by atomic mass is 9.65. The van der Waals surface area contributed by atoms with E-state index in [0.29, 0.717) is 17.9 Å². The molecule has 4 nitrogen and oxygen atoms in total. The highest BCUT2D eigenvalue weighted by Crippen LogP contribution is 2.42. The molecule has 2 fully saturated rings. The lowest BCUT2D eigenvalue weighted by Gasteiger charge is -2.43. The maximum atomic E-state index is 12.6. The topological polar surface area (TPSA) is 68.0 Å². The first-order chi connectivity index (χ1) is 10.7. The largest absolute Gasteiger partial charge is 0.327 e. The number of carbonyl (C=O) groups excluding carboxylic acids is 1. The van der Waals surface area contributed by atoms with Crippen LogP contribution in [0.4, 0.5) is 5.69 Å². The fourth-order valence-electron chi connectivity index (χ4n) is 4.18. The maximum Gasteiger partial charge on any atom is 0.227 e. The first-order valence-corrected chi connectivity index (χ1v) is 8.98. The quantitative estimate of drug-likeness (QED) is 0.864. The minimum absolute atomic E-state index is 0. The Labute approximate surface area is 146 Å². The van der Waals surface area contributed by atoms with Gasteiger partial charge in [-0.15, -0.1) is 23.7 Å². The molecule has 23 heavy (non-hydrogen) atoms. The van der Waals surface area contributed by atoms with E-state index in [1.54, 1.807) is 11.3 Å². The van der Waals surface area contributed by atoms with E-state index >= 15 is 0 Å². The summed E-state index contributed by atoms with van der Waals surface area (Å²) in [7, 11) is 0. The van der Waals surface area contributed by atoms with E-state index in [1.807, 2.05) is 23.7 Å². The molecule has 1 amide bonds. The number of carbonyl (C=O) groups is 1. The average Bonchev–Trinajstić information content (AvgIpc) is 2.94. The summed E-state index contributed by atoms with van der Waals surface area (Å²) in [5.74, 6) is 1.33. The van der Waals surface area contributed by atoms with Gasteiger partial charge in [0, 0.05) is 17.6 Å². The van der Waals surface area contributed by atoms with Gasteiger partial charge in [0.2, 0.25) is 5.91 Å². The molecular formula is C17H22ClN3OS.